The van der Waals surface area contributed by atoms with E-state index in [1.165, 1.54) is 0 Å². The first kappa shape index (κ1) is 10.4. The number of nitrogens with zero attached hydrogens (tertiary/aromatic N) is 1. The van der Waals surface area contributed by atoms with Gasteiger partial charge in [0.1, 0.15) is 5.60 Å². The van der Waals surface area contributed by atoms with E-state index in [1.54, 1.807) is 0 Å². The van der Waals surface area contributed by atoms with Crippen LogP contribution in [-0.4, -0.2) is 29.2 Å². The minimum absolute atomic E-state index is 0.161. The van der Waals surface area contributed by atoms with Crippen LogP contribution in [0.5, 0.6) is 0 Å². The second-order valence-electron chi connectivity index (χ2n) is 4.52. The topological polar surface area (TPSA) is 29.5 Å². The van der Waals surface area contributed by atoms with Gasteiger partial charge in [0.2, 0.25) is 0 Å². The van der Waals surface area contributed by atoms with E-state index in [4.69, 9.17) is 4.74 Å². The zero-order valence-corrected chi connectivity index (χ0v) is 8.96. The molecule has 0 aromatic heterocycles. The predicted octanol–water partition coefficient (Wildman–Crippen LogP) is 2.41. The van der Waals surface area contributed by atoms with E-state index in [2.05, 4.69) is 6.92 Å². The summed E-state index contributed by atoms with van der Waals surface area (Å²) in [5.74, 6) is 0. The van der Waals surface area contributed by atoms with Crippen molar-refractivity contribution in [2.45, 2.75) is 52.2 Å². The number of rotatable bonds is 1. The summed E-state index contributed by atoms with van der Waals surface area (Å²) < 4.78 is 5.26. The molecule has 3 heteroatoms. The van der Waals surface area contributed by atoms with Crippen LogP contribution in [0, 0.1) is 0 Å². The van der Waals surface area contributed by atoms with Crippen LogP contribution >= 0.6 is 0 Å². The molecule has 0 spiro atoms. The van der Waals surface area contributed by atoms with Gasteiger partial charge in [0.15, 0.2) is 0 Å². The lowest BCUT2D eigenvalue weighted by Gasteiger charge is -2.40. The minimum Gasteiger partial charge on any atom is -0.444 e. The Kier molecular flexibility index (Phi) is 2.84. The van der Waals surface area contributed by atoms with Crippen LogP contribution in [0.1, 0.15) is 40.5 Å². The van der Waals surface area contributed by atoms with Crippen molar-refractivity contribution in [3.05, 3.63) is 0 Å². The highest BCUT2D eigenvalue weighted by Crippen LogP contribution is 2.22. The number of amides is 1. The fourth-order valence-corrected chi connectivity index (χ4v) is 1.43. The fourth-order valence-electron chi connectivity index (χ4n) is 1.43. The minimum atomic E-state index is -0.370. The van der Waals surface area contributed by atoms with Crippen molar-refractivity contribution in [1.29, 1.82) is 0 Å². The molecule has 1 aliphatic heterocycles. The van der Waals surface area contributed by atoms with E-state index in [0.717, 1.165) is 19.4 Å². The third-order valence-corrected chi connectivity index (χ3v) is 2.24. The molecule has 1 atom stereocenters. The predicted molar refractivity (Wildman–Crippen MR) is 51.6 cm³/mol. The average Bonchev–Trinajstić information content (AvgIpc) is 1.80. The van der Waals surface area contributed by atoms with Crippen LogP contribution in [0.25, 0.3) is 0 Å². The summed E-state index contributed by atoms with van der Waals surface area (Å²) in [5, 5.41) is 0. The average molecular weight is 185 g/mol. The summed E-state index contributed by atoms with van der Waals surface area (Å²) in [7, 11) is 0. The van der Waals surface area contributed by atoms with Gasteiger partial charge in [-0.3, -0.25) is 0 Å². The molecule has 0 radical (unpaired) electrons. The number of hydrogen-bond donors (Lipinski definition) is 0. The Hall–Kier alpha value is -0.730. The maximum atomic E-state index is 11.5. The van der Waals surface area contributed by atoms with Gasteiger partial charge < -0.3 is 9.64 Å². The molecule has 1 fully saturated rings. The Morgan fingerprint density at radius 3 is 2.46 bits per heavy atom. The second kappa shape index (κ2) is 3.56. The van der Waals surface area contributed by atoms with E-state index in [1.807, 2.05) is 25.7 Å². The van der Waals surface area contributed by atoms with Gasteiger partial charge >= 0.3 is 6.09 Å². The number of carbonyl (C=O) groups excluding carboxylic acids is 1. The molecular weight excluding hydrogens is 166 g/mol. The zero-order valence-electron chi connectivity index (χ0n) is 8.96. The summed E-state index contributed by atoms with van der Waals surface area (Å²) in [5.41, 5.74) is -0.370. The Morgan fingerprint density at radius 2 is 2.15 bits per heavy atom. The largest absolute Gasteiger partial charge is 0.444 e. The molecule has 0 aromatic rings. The Bertz CT molecular complexity index is 194. The van der Waals surface area contributed by atoms with Gasteiger partial charge in [-0.1, -0.05) is 6.92 Å². The molecule has 1 rings (SSSR count). The monoisotopic (exact) mass is 185 g/mol. The molecular formula is C10H19NO2. The molecule has 1 heterocycles. The van der Waals surface area contributed by atoms with E-state index < -0.39 is 0 Å². The van der Waals surface area contributed by atoms with Gasteiger partial charge in [-0.15, -0.1) is 0 Å². The van der Waals surface area contributed by atoms with Gasteiger partial charge in [-0.2, -0.15) is 0 Å². The molecule has 1 saturated heterocycles. The first-order chi connectivity index (χ1) is 5.94. The Morgan fingerprint density at radius 1 is 1.54 bits per heavy atom. The normalized spacial score (nSPS) is 22.5. The van der Waals surface area contributed by atoms with Gasteiger partial charge in [-0.05, 0) is 33.6 Å². The Balaban J connectivity index is 2.40. The van der Waals surface area contributed by atoms with E-state index in [9.17, 15) is 4.79 Å². The first-order valence-electron chi connectivity index (χ1n) is 4.93. The molecule has 1 amide bonds. The molecule has 3 nitrogen and oxygen atoms in total. The third-order valence-electron chi connectivity index (χ3n) is 2.24. The smallest absolute Gasteiger partial charge is 0.410 e. The summed E-state index contributed by atoms with van der Waals surface area (Å²) in [6.07, 6.45) is 1.99. The lowest BCUT2D eigenvalue weighted by Crippen LogP contribution is -2.52. The van der Waals surface area contributed by atoms with Crippen LogP contribution in [0.4, 0.5) is 4.79 Å². The lowest BCUT2D eigenvalue weighted by molar-refractivity contribution is -0.00574. The molecule has 76 valence electrons. The number of likely N-dealkylation sites (tertiary alicyclic amines) is 1. The van der Waals surface area contributed by atoms with Gasteiger partial charge in [0, 0.05) is 12.6 Å². The van der Waals surface area contributed by atoms with Crippen molar-refractivity contribution in [3.63, 3.8) is 0 Å². The summed E-state index contributed by atoms with van der Waals surface area (Å²) in [4.78, 5) is 13.3. The van der Waals surface area contributed by atoms with Crippen molar-refractivity contribution in [2.24, 2.45) is 0 Å². The van der Waals surface area contributed by atoms with Crippen LogP contribution in [0.3, 0.4) is 0 Å². The standard InChI is InChI=1S/C10H19NO2/c1-5-8-6-7-11(8)9(12)13-10(2,3)4/h8H,5-7H2,1-4H3/t8-/m1/s1. The van der Waals surface area contributed by atoms with Crippen molar-refractivity contribution in [3.8, 4) is 0 Å². The lowest BCUT2D eigenvalue weighted by atomic mass is 10.0. The highest BCUT2D eigenvalue weighted by atomic mass is 16.6. The quantitative estimate of drug-likeness (QED) is 0.627. The highest BCUT2D eigenvalue weighted by Gasteiger charge is 2.33. The number of carbonyl (C=O) groups is 1. The van der Waals surface area contributed by atoms with Crippen molar-refractivity contribution < 1.29 is 9.53 Å². The maximum absolute atomic E-state index is 11.5. The molecule has 0 N–H and O–H groups in total. The number of hydrogen-bond acceptors (Lipinski definition) is 2. The van der Waals surface area contributed by atoms with E-state index >= 15 is 0 Å². The molecule has 0 bridgehead atoms. The van der Waals surface area contributed by atoms with E-state index in [-0.39, 0.29) is 11.7 Å². The van der Waals surface area contributed by atoms with Crippen LogP contribution in [0.15, 0.2) is 0 Å². The highest BCUT2D eigenvalue weighted by molar-refractivity contribution is 5.69. The maximum Gasteiger partial charge on any atom is 0.410 e. The fraction of sp³-hybridized carbons (Fsp3) is 0.900. The van der Waals surface area contributed by atoms with Crippen LogP contribution < -0.4 is 0 Å². The van der Waals surface area contributed by atoms with Crippen molar-refractivity contribution in [2.75, 3.05) is 6.54 Å². The summed E-state index contributed by atoms with van der Waals surface area (Å²) in [6, 6.07) is 0.412. The molecule has 13 heavy (non-hydrogen) atoms. The number of ether oxygens (including phenoxy) is 1. The molecule has 0 aromatic carbocycles. The molecule has 0 unspecified atom stereocenters. The van der Waals surface area contributed by atoms with Crippen LogP contribution in [0.2, 0.25) is 0 Å². The van der Waals surface area contributed by atoms with E-state index in [0.29, 0.717) is 6.04 Å². The molecule has 1 aliphatic rings. The first-order valence-corrected chi connectivity index (χ1v) is 4.93. The summed E-state index contributed by atoms with van der Waals surface area (Å²) in [6.45, 7) is 8.64. The van der Waals surface area contributed by atoms with Gasteiger partial charge in [-0.25, -0.2) is 4.79 Å². The van der Waals surface area contributed by atoms with Crippen molar-refractivity contribution in [1.82, 2.24) is 4.90 Å². The molecule has 0 saturated carbocycles. The van der Waals surface area contributed by atoms with Gasteiger partial charge in [0.25, 0.3) is 0 Å². The SMILES string of the molecule is CC[C@@H]1CCN1C(=O)OC(C)(C)C. The second-order valence-corrected chi connectivity index (χ2v) is 4.52. The van der Waals surface area contributed by atoms with Gasteiger partial charge in [0.05, 0.1) is 0 Å². The van der Waals surface area contributed by atoms with Crippen molar-refractivity contribution >= 4 is 6.09 Å². The summed E-state index contributed by atoms with van der Waals surface area (Å²) >= 11 is 0. The third kappa shape index (κ3) is 2.61. The zero-order chi connectivity index (χ0) is 10.1. The van der Waals surface area contributed by atoms with Crippen LogP contribution in [-0.2, 0) is 4.74 Å². The molecule has 0 aliphatic carbocycles. The Labute approximate surface area is 80.1 Å².